The summed E-state index contributed by atoms with van der Waals surface area (Å²) in [6.45, 7) is 6.94. The lowest BCUT2D eigenvalue weighted by Gasteiger charge is -2.33. The fourth-order valence-electron chi connectivity index (χ4n) is 5.10. The third-order valence-corrected chi connectivity index (χ3v) is 7.12. The molecule has 1 saturated heterocycles. The molecule has 1 aromatic rings. The summed E-state index contributed by atoms with van der Waals surface area (Å²) in [4.78, 5) is 33.1. The molecule has 1 saturated carbocycles. The highest BCUT2D eigenvalue weighted by molar-refractivity contribution is 5.84. The summed E-state index contributed by atoms with van der Waals surface area (Å²) in [7, 11) is 3.22. The van der Waals surface area contributed by atoms with Crippen molar-refractivity contribution in [2.45, 2.75) is 65.0 Å². The van der Waals surface area contributed by atoms with Gasteiger partial charge in [-0.1, -0.05) is 13.8 Å². The van der Waals surface area contributed by atoms with Gasteiger partial charge in [-0.05, 0) is 43.1 Å². The van der Waals surface area contributed by atoms with Crippen LogP contribution in [-0.2, 0) is 20.9 Å². The average molecular weight is 520 g/mol. The van der Waals surface area contributed by atoms with Gasteiger partial charge in [0.25, 0.3) is 0 Å². The number of aliphatic hydroxyl groups is 1. The van der Waals surface area contributed by atoms with Gasteiger partial charge in [0.05, 0.1) is 19.6 Å². The van der Waals surface area contributed by atoms with Crippen LogP contribution in [0.2, 0.25) is 0 Å². The fourth-order valence-corrected chi connectivity index (χ4v) is 5.10. The number of carbonyl (C=O) groups excluding carboxylic acids is 2. The van der Waals surface area contributed by atoms with Crippen molar-refractivity contribution < 1.29 is 28.9 Å². The van der Waals surface area contributed by atoms with Gasteiger partial charge in [-0.15, -0.1) is 0 Å². The Morgan fingerprint density at radius 1 is 1.14 bits per heavy atom. The minimum Gasteiger partial charge on any atom is -0.481 e. The van der Waals surface area contributed by atoms with Gasteiger partial charge >= 0.3 is 0 Å². The molecule has 2 aliphatic rings. The Morgan fingerprint density at radius 2 is 1.86 bits per heavy atom. The molecule has 2 heterocycles. The normalized spacial score (nSPS) is 20.5. The maximum absolute atomic E-state index is 13.7. The summed E-state index contributed by atoms with van der Waals surface area (Å²) in [6, 6.07) is 3.94. The van der Waals surface area contributed by atoms with Crippen LogP contribution < -0.4 is 14.8 Å². The van der Waals surface area contributed by atoms with Crippen molar-refractivity contribution in [1.82, 2.24) is 15.2 Å². The Bertz CT molecular complexity index is 875. The second-order valence-corrected chi connectivity index (χ2v) is 10.9. The summed E-state index contributed by atoms with van der Waals surface area (Å²) in [5, 5.41) is 13.0. The molecule has 1 aromatic heterocycles. The third-order valence-electron chi connectivity index (χ3n) is 7.12. The second-order valence-electron chi connectivity index (χ2n) is 10.9. The van der Waals surface area contributed by atoms with Crippen molar-refractivity contribution >= 4 is 11.7 Å². The number of pyridine rings is 1. The van der Waals surface area contributed by atoms with Crippen LogP contribution in [0.15, 0.2) is 12.1 Å². The second kappa shape index (κ2) is 14.6. The lowest BCUT2D eigenvalue weighted by Crippen LogP contribution is -2.48. The standard InChI is InChI=1S/C28H45N3O6/c1-19(2)10-21(18-32)11-25(33)22-14-23(16-29-15-22)28(34)31(24-6-7-24)17-20-12-26(36-4)30-27(13-20)37-9-5-8-35-3/h12-13,19,21-24,29,32H,5-11,14-18H2,1-4H3/t21?,22-,23+/m0/s1. The number of Topliss-reactive ketones (excluding diaryl/α,β-unsaturated/α-hetero) is 1. The third kappa shape index (κ3) is 9.23. The van der Waals surface area contributed by atoms with E-state index in [9.17, 15) is 14.7 Å². The Kier molecular flexibility index (Phi) is 11.6. The summed E-state index contributed by atoms with van der Waals surface area (Å²) in [5.41, 5.74) is 0.907. The number of hydrogen-bond acceptors (Lipinski definition) is 8. The average Bonchev–Trinajstić information content (AvgIpc) is 3.74. The molecule has 0 radical (unpaired) electrons. The number of piperidine rings is 1. The molecule has 2 fully saturated rings. The first-order chi connectivity index (χ1) is 17.8. The lowest BCUT2D eigenvalue weighted by atomic mass is 9.82. The highest BCUT2D eigenvalue weighted by Gasteiger charge is 2.39. The number of ketones is 1. The Hall–Kier alpha value is -2.23. The number of nitrogens with zero attached hydrogens (tertiary/aromatic N) is 2. The first kappa shape index (κ1) is 29.3. The molecular weight excluding hydrogens is 474 g/mol. The Morgan fingerprint density at radius 3 is 2.51 bits per heavy atom. The molecular formula is C28H45N3O6. The van der Waals surface area contributed by atoms with Crippen molar-refractivity contribution in [2.24, 2.45) is 23.7 Å². The number of amides is 1. The van der Waals surface area contributed by atoms with E-state index in [4.69, 9.17) is 14.2 Å². The Labute approximate surface area is 221 Å². The molecule has 1 aliphatic heterocycles. The molecule has 3 rings (SSSR count). The number of ether oxygens (including phenoxy) is 3. The van der Waals surface area contributed by atoms with Crippen molar-refractivity contribution in [2.75, 3.05) is 47.1 Å². The largest absolute Gasteiger partial charge is 0.481 e. The highest BCUT2D eigenvalue weighted by atomic mass is 16.5. The van der Waals surface area contributed by atoms with E-state index in [2.05, 4.69) is 24.1 Å². The predicted molar refractivity (Wildman–Crippen MR) is 140 cm³/mol. The maximum Gasteiger partial charge on any atom is 0.227 e. The van der Waals surface area contributed by atoms with E-state index < -0.39 is 0 Å². The molecule has 0 bridgehead atoms. The van der Waals surface area contributed by atoms with E-state index in [1.165, 1.54) is 0 Å². The van der Waals surface area contributed by atoms with Crippen LogP contribution in [0.4, 0.5) is 0 Å². The van der Waals surface area contributed by atoms with Crippen LogP contribution in [-0.4, -0.2) is 79.9 Å². The van der Waals surface area contributed by atoms with Gasteiger partial charge in [-0.3, -0.25) is 9.59 Å². The molecule has 0 spiro atoms. The number of nitrogens with one attached hydrogen (secondary N) is 1. The zero-order chi connectivity index (χ0) is 26.8. The minimum atomic E-state index is -0.241. The number of aromatic nitrogens is 1. The van der Waals surface area contributed by atoms with E-state index in [1.807, 2.05) is 17.0 Å². The monoisotopic (exact) mass is 519 g/mol. The molecule has 1 unspecified atom stereocenters. The number of aliphatic hydroxyl groups excluding tert-OH is 1. The smallest absolute Gasteiger partial charge is 0.227 e. The van der Waals surface area contributed by atoms with Gasteiger partial charge in [0.15, 0.2) is 0 Å². The molecule has 37 heavy (non-hydrogen) atoms. The van der Waals surface area contributed by atoms with Crippen LogP contribution in [0.25, 0.3) is 0 Å². The first-order valence-electron chi connectivity index (χ1n) is 13.7. The zero-order valence-electron chi connectivity index (χ0n) is 22.9. The SMILES string of the molecule is COCCCOc1cc(CN(C(=O)[C@H]2CNC[C@@H](C(=O)CC(CO)CC(C)C)C2)C2CC2)cc(OC)n1. The van der Waals surface area contributed by atoms with Crippen molar-refractivity contribution in [3.63, 3.8) is 0 Å². The van der Waals surface area contributed by atoms with Gasteiger partial charge in [0.2, 0.25) is 17.7 Å². The van der Waals surface area contributed by atoms with E-state index in [1.54, 1.807) is 14.2 Å². The topological polar surface area (TPSA) is 110 Å². The van der Waals surface area contributed by atoms with E-state index in [-0.39, 0.29) is 42.1 Å². The van der Waals surface area contributed by atoms with Crippen molar-refractivity contribution in [3.05, 3.63) is 17.7 Å². The van der Waals surface area contributed by atoms with Crippen molar-refractivity contribution in [1.29, 1.82) is 0 Å². The van der Waals surface area contributed by atoms with Gasteiger partial charge in [0.1, 0.15) is 5.78 Å². The van der Waals surface area contributed by atoms with Gasteiger partial charge in [-0.2, -0.15) is 4.98 Å². The molecule has 2 N–H and O–H groups in total. The van der Waals surface area contributed by atoms with Crippen molar-refractivity contribution in [3.8, 4) is 11.8 Å². The fraction of sp³-hybridized carbons (Fsp3) is 0.750. The number of rotatable bonds is 16. The van der Waals surface area contributed by atoms with Gasteiger partial charge < -0.3 is 29.5 Å². The maximum atomic E-state index is 13.7. The zero-order valence-corrected chi connectivity index (χ0v) is 22.9. The van der Waals surface area contributed by atoms with Gasteiger partial charge in [0, 0.05) is 76.9 Å². The highest BCUT2D eigenvalue weighted by Crippen LogP contribution is 2.33. The molecule has 1 aliphatic carbocycles. The molecule has 9 nitrogen and oxygen atoms in total. The van der Waals surface area contributed by atoms with Crippen LogP contribution >= 0.6 is 0 Å². The molecule has 1 amide bonds. The lowest BCUT2D eigenvalue weighted by molar-refractivity contribution is -0.138. The number of hydrogen-bond donors (Lipinski definition) is 2. The molecule has 0 aromatic carbocycles. The molecule has 208 valence electrons. The summed E-state index contributed by atoms with van der Waals surface area (Å²) < 4.78 is 16.2. The number of carbonyl (C=O) groups is 2. The van der Waals surface area contributed by atoms with Gasteiger partial charge in [-0.25, -0.2) is 0 Å². The number of methoxy groups -OCH3 is 2. The van der Waals surface area contributed by atoms with Crippen LogP contribution in [0, 0.1) is 23.7 Å². The summed E-state index contributed by atoms with van der Waals surface area (Å²) in [5.74, 6) is 1.14. The van der Waals surface area contributed by atoms with Crippen LogP contribution in [0.1, 0.15) is 57.9 Å². The minimum absolute atomic E-state index is 0.0147. The molecule has 3 atom stereocenters. The first-order valence-corrected chi connectivity index (χ1v) is 13.7. The van der Waals surface area contributed by atoms with Crippen LogP contribution in [0.5, 0.6) is 11.8 Å². The van der Waals surface area contributed by atoms with E-state index >= 15 is 0 Å². The summed E-state index contributed by atoms with van der Waals surface area (Å²) in [6.07, 6.45) is 4.49. The van der Waals surface area contributed by atoms with E-state index in [0.717, 1.165) is 31.2 Å². The Balaban J connectivity index is 1.65. The van der Waals surface area contributed by atoms with E-state index in [0.29, 0.717) is 63.4 Å². The molecule has 9 heteroatoms. The quantitative estimate of drug-likeness (QED) is 0.321. The van der Waals surface area contributed by atoms with Crippen LogP contribution in [0.3, 0.4) is 0 Å². The summed E-state index contributed by atoms with van der Waals surface area (Å²) >= 11 is 0. The predicted octanol–water partition coefficient (Wildman–Crippen LogP) is 2.84.